The Hall–Kier alpha value is -0.710. The summed E-state index contributed by atoms with van der Waals surface area (Å²) >= 11 is 1.86. The lowest BCUT2D eigenvalue weighted by Gasteiger charge is -2.35. The molecule has 0 spiro atoms. The Morgan fingerprint density at radius 2 is 2.32 bits per heavy atom. The maximum atomic E-state index is 9.37. The van der Waals surface area contributed by atoms with E-state index >= 15 is 0 Å². The molecular weight excluding hydrogens is 256 g/mol. The van der Waals surface area contributed by atoms with Crippen LogP contribution < -0.4 is 10.6 Å². The molecule has 0 aromatic heterocycles. The monoisotopic (exact) mass is 280 g/mol. The molecule has 2 rings (SSSR count). The maximum Gasteiger partial charge on any atom is 0.0476 e. The second-order valence-electron chi connectivity index (χ2n) is 5.03. The summed E-state index contributed by atoms with van der Waals surface area (Å²) in [6.45, 7) is 5.06. The highest BCUT2D eigenvalue weighted by molar-refractivity contribution is 7.99. The molecule has 0 aliphatic carbocycles. The molecule has 0 bridgehead atoms. The third kappa shape index (κ3) is 3.44. The first kappa shape index (κ1) is 14.7. The van der Waals surface area contributed by atoms with Crippen LogP contribution in [0.3, 0.4) is 0 Å². The summed E-state index contributed by atoms with van der Waals surface area (Å²) in [7, 11) is 0. The summed E-state index contributed by atoms with van der Waals surface area (Å²) < 4.78 is 0. The lowest BCUT2D eigenvalue weighted by atomic mass is 9.97. The summed E-state index contributed by atoms with van der Waals surface area (Å²) in [5.74, 6) is 1.47. The third-order valence-electron chi connectivity index (χ3n) is 3.73. The van der Waals surface area contributed by atoms with Gasteiger partial charge in [-0.2, -0.15) is 0 Å². The van der Waals surface area contributed by atoms with Crippen molar-refractivity contribution in [1.82, 2.24) is 0 Å². The third-order valence-corrected chi connectivity index (χ3v) is 4.71. The zero-order valence-electron chi connectivity index (χ0n) is 11.6. The maximum absolute atomic E-state index is 9.37. The molecule has 0 amide bonds. The number of nitrogens with zero attached hydrogens (tertiary/aromatic N) is 1. The quantitative estimate of drug-likeness (QED) is 0.814. The number of piperidine rings is 1. The van der Waals surface area contributed by atoms with Gasteiger partial charge in [-0.1, -0.05) is 13.0 Å². The molecule has 1 aliphatic heterocycles. The van der Waals surface area contributed by atoms with Crippen molar-refractivity contribution >= 4 is 17.4 Å². The van der Waals surface area contributed by atoms with Gasteiger partial charge in [0, 0.05) is 42.4 Å². The van der Waals surface area contributed by atoms with Crippen molar-refractivity contribution in [1.29, 1.82) is 0 Å². The molecule has 1 atom stereocenters. The molecule has 3 nitrogen and oxygen atoms in total. The van der Waals surface area contributed by atoms with Gasteiger partial charge in [-0.15, -0.1) is 11.8 Å². The van der Waals surface area contributed by atoms with Gasteiger partial charge in [0.05, 0.1) is 0 Å². The molecule has 1 fully saturated rings. The van der Waals surface area contributed by atoms with Crippen LogP contribution in [0.25, 0.3) is 0 Å². The second kappa shape index (κ2) is 7.17. The lowest BCUT2D eigenvalue weighted by Crippen LogP contribution is -2.37. The minimum absolute atomic E-state index is 0.290. The van der Waals surface area contributed by atoms with Gasteiger partial charge >= 0.3 is 0 Å². The molecule has 1 aliphatic rings. The van der Waals surface area contributed by atoms with E-state index < -0.39 is 0 Å². The topological polar surface area (TPSA) is 49.5 Å². The van der Waals surface area contributed by atoms with Gasteiger partial charge < -0.3 is 15.7 Å². The summed E-state index contributed by atoms with van der Waals surface area (Å²) in [5.41, 5.74) is 8.49. The molecule has 1 heterocycles. The number of anilines is 1. The summed E-state index contributed by atoms with van der Waals surface area (Å²) in [4.78, 5) is 3.69. The number of rotatable bonds is 5. The van der Waals surface area contributed by atoms with Crippen LogP contribution >= 0.6 is 11.8 Å². The Morgan fingerprint density at radius 3 is 3.00 bits per heavy atom. The highest BCUT2D eigenvalue weighted by atomic mass is 32.2. The van der Waals surface area contributed by atoms with E-state index in [4.69, 9.17) is 5.73 Å². The van der Waals surface area contributed by atoms with Crippen LogP contribution in [0.2, 0.25) is 0 Å². The lowest BCUT2D eigenvalue weighted by molar-refractivity contribution is 0.208. The second-order valence-corrected chi connectivity index (χ2v) is 6.33. The highest BCUT2D eigenvalue weighted by Gasteiger charge is 2.21. The van der Waals surface area contributed by atoms with Crippen LogP contribution in [0.5, 0.6) is 0 Å². The largest absolute Gasteiger partial charge is 0.396 e. The van der Waals surface area contributed by atoms with Gasteiger partial charge in [0.2, 0.25) is 0 Å². The van der Waals surface area contributed by atoms with Crippen molar-refractivity contribution in [2.45, 2.75) is 31.2 Å². The van der Waals surface area contributed by atoms with E-state index in [2.05, 4.69) is 30.0 Å². The first-order chi connectivity index (χ1) is 9.30. The number of nitrogens with two attached hydrogens (primary N) is 1. The van der Waals surface area contributed by atoms with Crippen LogP contribution in [-0.4, -0.2) is 30.6 Å². The Balaban J connectivity index is 2.25. The van der Waals surface area contributed by atoms with E-state index in [9.17, 15) is 5.11 Å². The van der Waals surface area contributed by atoms with Crippen molar-refractivity contribution in [2.75, 3.05) is 30.3 Å². The highest BCUT2D eigenvalue weighted by Crippen LogP contribution is 2.32. The van der Waals surface area contributed by atoms with E-state index in [1.54, 1.807) is 0 Å². The Labute approximate surface area is 120 Å². The molecular formula is C15H24N2OS. The Bertz CT molecular complexity index is 411. The average Bonchev–Trinajstić information content (AvgIpc) is 2.47. The van der Waals surface area contributed by atoms with Crippen LogP contribution in [-0.2, 0) is 6.54 Å². The number of aliphatic hydroxyl groups excluding tert-OH is 1. The molecule has 1 aromatic carbocycles. The minimum Gasteiger partial charge on any atom is -0.396 e. The summed E-state index contributed by atoms with van der Waals surface area (Å²) in [6, 6.07) is 6.45. The first-order valence-electron chi connectivity index (χ1n) is 7.10. The van der Waals surface area contributed by atoms with Crippen LogP contribution in [0.15, 0.2) is 23.1 Å². The Morgan fingerprint density at radius 1 is 1.47 bits per heavy atom. The summed E-state index contributed by atoms with van der Waals surface area (Å²) in [5, 5.41) is 9.37. The molecule has 3 N–H and O–H groups in total. The average molecular weight is 280 g/mol. The number of thioether (sulfide) groups is 1. The molecule has 4 heteroatoms. The predicted molar refractivity (Wildman–Crippen MR) is 82.8 cm³/mol. The van der Waals surface area contributed by atoms with E-state index in [-0.39, 0.29) is 6.61 Å². The smallest absolute Gasteiger partial charge is 0.0476 e. The predicted octanol–water partition coefficient (Wildman–Crippen LogP) is 2.47. The van der Waals surface area contributed by atoms with E-state index in [1.165, 1.54) is 16.1 Å². The molecule has 106 valence electrons. The fourth-order valence-corrected chi connectivity index (χ4v) is 3.63. The van der Waals surface area contributed by atoms with E-state index in [0.717, 1.165) is 31.7 Å². The van der Waals surface area contributed by atoms with Gasteiger partial charge in [-0.25, -0.2) is 0 Å². The number of hydrogen-bond donors (Lipinski definition) is 2. The molecule has 1 saturated heterocycles. The normalized spacial score (nSPS) is 19.7. The van der Waals surface area contributed by atoms with Crippen molar-refractivity contribution < 1.29 is 5.11 Å². The van der Waals surface area contributed by atoms with E-state index in [0.29, 0.717) is 12.5 Å². The van der Waals surface area contributed by atoms with Gasteiger partial charge in [-0.3, -0.25) is 0 Å². The van der Waals surface area contributed by atoms with Crippen molar-refractivity contribution in [3.05, 3.63) is 23.8 Å². The number of benzene rings is 1. The van der Waals surface area contributed by atoms with Crippen LogP contribution in [0, 0.1) is 5.92 Å². The van der Waals surface area contributed by atoms with Crippen molar-refractivity contribution in [3.8, 4) is 0 Å². The zero-order valence-corrected chi connectivity index (χ0v) is 12.5. The van der Waals surface area contributed by atoms with Crippen molar-refractivity contribution in [2.24, 2.45) is 11.7 Å². The van der Waals surface area contributed by atoms with Crippen molar-refractivity contribution in [3.63, 3.8) is 0 Å². The molecule has 19 heavy (non-hydrogen) atoms. The SMILES string of the molecule is CCSc1cccc(N2CCCC(CO)C2)c1CN. The number of hydrogen-bond acceptors (Lipinski definition) is 4. The van der Waals surface area contributed by atoms with Gasteiger partial charge in [0.15, 0.2) is 0 Å². The van der Waals surface area contributed by atoms with Gasteiger partial charge in [-0.05, 0) is 36.6 Å². The van der Waals surface area contributed by atoms with Gasteiger partial charge in [0.1, 0.15) is 0 Å². The van der Waals surface area contributed by atoms with E-state index in [1.807, 2.05) is 11.8 Å². The van der Waals surface area contributed by atoms with Crippen LogP contribution in [0.1, 0.15) is 25.3 Å². The first-order valence-corrected chi connectivity index (χ1v) is 8.09. The molecule has 1 aromatic rings. The fourth-order valence-electron chi connectivity index (χ4n) is 2.78. The number of aliphatic hydroxyl groups is 1. The zero-order chi connectivity index (χ0) is 13.7. The molecule has 0 saturated carbocycles. The molecule has 0 radical (unpaired) electrons. The summed E-state index contributed by atoms with van der Waals surface area (Å²) in [6.07, 6.45) is 2.29. The standard InChI is InChI=1S/C15H24N2OS/c1-2-19-15-7-3-6-14(13(15)9-16)17-8-4-5-12(10-17)11-18/h3,6-7,12,18H,2,4-5,8-11,16H2,1H3. The van der Waals surface area contributed by atoms with Gasteiger partial charge in [0.25, 0.3) is 0 Å². The molecule has 1 unspecified atom stereocenters. The van der Waals surface area contributed by atoms with Crippen LogP contribution in [0.4, 0.5) is 5.69 Å². The minimum atomic E-state index is 0.290. The Kier molecular flexibility index (Phi) is 5.55. The fraction of sp³-hybridized carbons (Fsp3) is 0.600.